The lowest BCUT2D eigenvalue weighted by molar-refractivity contribution is -0.344. The predicted molar refractivity (Wildman–Crippen MR) is 52.4 cm³/mol. The largest absolute Gasteiger partial charge is 0.361 e. The highest BCUT2D eigenvalue weighted by atomic mass is 14.7. The van der Waals surface area contributed by atoms with Crippen LogP contribution in [0.25, 0.3) is 21.8 Å². The van der Waals surface area contributed by atoms with E-state index in [1.807, 2.05) is 18.5 Å². The van der Waals surface area contributed by atoms with Crippen molar-refractivity contribution in [3.05, 3.63) is 42.7 Å². The van der Waals surface area contributed by atoms with Crippen LogP contribution in [0.4, 0.5) is 0 Å². The first-order valence-electron chi connectivity index (χ1n) is 4.31. The Morgan fingerprint density at radius 2 is 2.08 bits per heavy atom. The zero-order chi connectivity index (χ0) is 8.67. The van der Waals surface area contributed by atoms with Crippen molar-refractivity contribution < 1.29 is 4.98 Å². The third kappa shape index (κ3) is 0.920. The maximum absolute atomic E-state index is 3.21. The lowest BCUT2D eigenvalue weighted by Gasteiger charge is -1.91. The molecule has 0 radical (unpaired) electrons. The molecule has 2 heteroatoms. The highest BCUT2D eigenvalue weighted by Gasteiger charge is 2.01. The van der Waals surface area contributed by atoms with Crippen LogP contribution in [0, 0.1) is 0 Å². The summed E-state index contributed by atoms with van der Waals surface area (Å²) < 4.78 is 0. The molecule has 0 aliphatic carbocycles. The number of hydrogen-bond acceptors (Lipinski definition) is 0. The molecule has 0 amide bonds. The van der Waals surface area contributed by atoms with Crippen molar-refractivity contribution >= 4 is 21.8 Å². The molecule has 0 atom stereocenters. The van der Waals surface area contributed by atoms with E-state index < -0.39 is 0 Å². The molecule has 62 valence electrons. The second kappa shape index (κ2) is 2.33. The van der Waals surface area contributed by atoms with Crippen molar-refractivity contribution in [1.29, 1.82) is 0 Å². The fourth-order valence-electron chi connectivity index (χ4n) is 1.67. The van der Waals surface area contributed by atoms with Gasteiger partial charge in [0, 0.05) is 29.1 Å². The summed E-state index contributed by atoms with van der Waals surface area (Å²) in [6.45, 7) is 0. The van der Waals surface area contributed by atoms with Gasteiger partial charge in [-0.15, -0.1) is 0 Å². The Balaban J connectivity index is 2.57. The van der Waals surface area contributed by atoms with E-state index in [0.29, 0.717) is 0 Å². The quantitative estimate of drug-likeness (QED) is 0.534. The molecular weight excluding hydrogens is 160 g/mol. The van der Waals surface area contributed by atoms with E-state index in [1.54, 1.807) is 0 Å². The molecule has 1 aromatic carbocycles. The topological polar surface area (TPSA) is 29.9 Å². The molecule has 3 rings (SSSR count). The Labute approximate surface area is 75.2 Å². The first-order valence-corrected chi connectivity index (χ1v) is 4.31. The number of aromatic amines is 2. The molecule has 0 aliphatic heterocycles. The van der Waals surface area contributed by atoms with Crippen LogP contribution in [0.3, 0.4) is 0 Å². The van der Waals surface area contributed by atoms with E-state index >= 15 is 0 Å². The molecule has 0 bridgehead atoms. The van der Waals surface area contributed by atoms with E-state index in [2.05, 4.69) is 34.2 Å². The average Bonchev–Trinajstić information content (AvgIpc) is 2.61. The summed E-state index contributed by atoms with van der Waals surface area (Å²) in [5.74, 6) is 0. The second-order valence-electron chi connectivity index (χ2n) is 3.17. The molecule has 0 fully saturated rings. The van der Waals surface area contributed by atoms with Gasteiger partial charge < -0.3 is 4.98 Å². The van der Waals surface area contributed by atoms with E-state index in [1.165, 1.54) is 16.3 Å². The van der Waals surface area contributed by atoms with Crippen molar-refractivity contribution in [3.63, 3.8) is 0 Å². The zero-order valence-corrected chi connectivity index (χ0v) is 7.04. The number of H-pyrrole nitrogens is 2. The lowest BCUT2D eigenvalue weighted by atomic mass is 10.1. The number of hydrogen-bond donors (Lipinski definition) is 1. The average molecular weight is 169 g/mol. The van der Waals surface area contributed by atoms with Gasteiger partial charge in [0.1, 0.15) is 0 Å². The van der Waals surface area contributed by atoms with E-state index in [4.69, 9.17) is 0 Å². The third-order valence-electron chi connectivity index (χ3n) is 2.33. The third-order valence-corrected chi connectivity index (χ3v) is 2.33. The summed E-state index contributed by atoms with van der Waals surface area (Å²) in [5, 5.41) is 2.50. The molecule has 0 aliphatic rings. The summed E-state index contributed by atoms with van der Waals surface area (Å²) in [6, 6.07) is 10.5. The first-order chi connectivity index (χ1) is 6.43. The monoisotopic (exact) mass is 169 g/mol. The summed E-state index contributed by atoms with van der Waals surface area (Å²) in [7, 11) is 0. The molecule has 0 spiro atoms. The first kappa shape index (κ1) is 6.66. The summed E-state index contributed by atoms with van der Waals surface area (Å²) >= 11 is 0. The minimum absolute atomic E-state index is 1.16. The Hall–Kier alpha value is -1.83. The Morgan fingerprint density at radius 3 is 3.08 bits per heavy atom. The fraction of sp³-hybridized carbons (Fsp3) is 0. The van der Waals surface area contributed by atoms with Gasteiger partial charge in [-0.2, -0.15) is 0 Å². The Morgan fingerprint density at radius 1 is 1.08 bits per heavy atom. The van der Waals surface area contributed by atoms with E-state index in [9.17, 15) is 0 Å². The van der Waals surface area contributed by atoms with E-state index in [0.717, 1.165) is 5.52 Å². The van der Waals surface area contributed by atoms with Gasteiger partial charge >= 0.3 is 0 Å². The summed E-state index contributed by atoms with van der Waals surface area (Å²) in [5.41, 5.74) is 2.34. The van der Waals surface area contributed by atoms with Crippen LogP contribution >= 0.6 is 0 Å². The number of aromatic nitrogens is 2. The highest BCUT2D eigenvalue weighted by Crippen LogP contribution is 2.18. The van der Waals surface area contributed by atoms with Crippen molar-refractivity contribution in [1.82, 2.24) is 4.98 Å². The predicted octanol–water partition coefficient (Wildman–Crippen LogP) is 2.14. The van der Waals surface area contributed by atoms with Gasteiger partial charge in [0.15, 0.2) is 6.20 Å². The maximum Gasteiger partial charge on any atom is 0.212 e. The van der Waals surface area contributed by atoms with Gasteiger partial charge in [-0.1, -0.05) is 0 Å². The molecule has 0 saturated heterocycles. The molecule has 2 nitrogen and oxygen atoms in total. The van der Waals surface area contributed by atoms with Crippen molar-refractivity contribution in [3.8, 4) is 0 Å². The van der Waals surface area contributed by atoms with E-state index in [-0.39, 0.29) is 0 Å². The molecule has 13 heavy (non-hydrogen) atoms. The van der Waals surface area contributed by atoms with Crippen LogP contribution in [0.2, 0.25) is 0 Å². The SMILES string of the molecule is c1c[nH+]c2cc3[nH]ccc3cc2c1. The number of fused-ring (bicyclic) bond motifs is 2. The van der Waals surface area contributed by atoms with Gasteiger partial charge in [0.25, 0.3) is 0 Å². The summed E-state index contributed by atoms with van der Waals surface area (Å²) in [4.78, 5) is 6.40. The summed E-state index contributed by atoms with van der Waals surface area (Å²) in [6.07, 6.45) is 3.90. The minimum atomic E-state index is 1.16. The van der Waals surface area contributed by atoms with Gasteiger partial charge in [0.2, 0.25) is 5.52 Å². The van der Waals surface area contributed by atoms with Gasteiger partial charge in [0.05, 0.1) is 5.52 Å². The van der Waals surface area contributed by atoms with Crippen LogP contribution in [0.5, 0.6) is 0 Å². The normalized spacial score (nSPS) is 11.1. The number of benzene rings is 1. The van der Waals surface area contributed by atoms with Crippen LogP contribution in [0.15, 0.2) is 42.7 Å². The fourth-order valence-corrected chi connectivity index (χ4v) is 1.67. The van der Waals surface area contributed by atoms with Crippen LogP contribution < -0.4 is 4.98 Å². The molecule has 3 aromatic rings. The van der Waals surface area contributed by atoms with Crippen LogP contribution in [-0.4, -0.2) is 4.98 Å². The smallest absolute Gasteiger partial charge is 0.212 e. The zero-order valence-electron chi connectivity index (χ0n) is 7.04. The molecule has 0 saturated carbocycles. The van der Waals surface area contributed by atoms with Gasteiger partial charge in [-0.25, -0.2) is 4.98 Å². The molecule has 2 N–H and O–H groups in total. The van der Waals surface area contributed by atoms with Gasteiger partial charge in [-0.05, 0) is 18.2 Å². The number of rotatable bonds is 0. The van der Waals surface area contributed by atoms with Crippen molar-refractivity contribution in [2.75, 3.05) is 0 Å². The number of pyridine rings is 1. The van der Waals surface area contributed by atoms with Crippen molar-refractivity contribution in [2.24, 2.45) is 0 Å². The molecule has 2 heterocycles. The standard InChI is InChI=1S/C11H8N2/c1-2-8-6-9-3-5-13-11(9)7-10(8)12-4-1/h1-7,13H/p+1. The highest BCUT2D eigenvalue weighted by molar-refractivity contribution is 5.93. The molecular formula is C11H9N2+. The van der Waals surface area contributed by atoms with Gasteiger partial charge in [-0.3, -0.25) is 0 Å². The maximum atomic E-state index is 3.21. The molecule has 2 aromatic heterocycles. The Kier molecular flexibility index (Phi) is 1.19. The van der Waals surface area contributed by atoms with Crippen LogP contribution in [-0.2, 0) is 0 Å². The lowest BCUT2D eigenvalue weighted by Crippen LogP contribution is -2.00. The van der Waals surface area contributed by atoms with Crippen molar-refractivity contribution in [2.45, 2.75) is 0 Å². The van der Waals surface area contributed by atoms with Crippen LogP contribution in [0.1, 0.15) is 0 Å². The minimum Gasteiger partial charge on any atom is -0.361 e. The molecule has 0 unspecified atom stereocenters. The second-order valence-corrected chi connectivity index (χ2v) is 3.17. The number of nitrogens with one attached hydrogen (secondary N) is 2. The Bertz CT molecular complexity index is 517.